The van der Waals surface area contributed by atoms with Gasteiger partial charge in [0.05, 0.1) is 21.3 Å². The van der Waals surface area contributed by atoms with E-state index in [1.165, 1.54) is 0 Å². The van der Waals surface area contributed by atoms with Crippen molar-refractivity contribution in [2.75, 3.05) is 0 Å². The van der Waals surface area contributed by atoms with Crippen LogP contribution >= 0.6 is 11.3 Å². The van der Waals surface area contributed by atoms with Crippen LogP contribution in [0.25, 0.3) is 10.2 Å². The molecule has 2 heterocycles. The van der Waals surface area contributed by atoms with Crippen molar-refractivity contribution in [1.29, 1.82) is 0 Å². The van der Waals surface area contributed by atoms with Crippen LogP contribution in [0, 0.1) is 0 Å². The maximum Gasteiger partial charge on any atom is 0.220 e. The van der Waals surface area contributed by atoms with Crippen molar-refractivity contribution in [2.45, 2.75) is 39.3 Å². The topological polar surface area (TPSA) is 64.1 Å². The van der Waals surface area contributed by atoms with Crippen molar-refractivity contribution in [2.24, 2.45) is 0 Å². The minimum Gasteiger partial charge on any atom is -0.475 e. The Labute approximate surface area is 151 Å². The fraction of sp³-hybridized carbons (Fsp3) is 0.316. The maximum absolute atomic E-state index is 12.1. The molecule has 0 aliphatic carbocycles. The van der Waals surface area contributed by atoms with E-state index in [0.717, 1.165) is 20.8 Å². The van der Waals surface area contributed by atoms with Gasteiger partial charge in [-0.1, -0.05) is 18.2 Å². The molecule has 0 aliphatic heterocycles. The molecule has 130 valence electrons. The van der Waals surface area contributed by atoms with Gasteiger partial charge in [0, 0.05) is 31.1 Å². The number of thiazole rings is 1. The average Bonchev–Trinajstić information content (AvgIpc) is 3.01. The predicted octanol–water partition coefficient (Wildman–Crippen LogP) is 3.73. The molecule has 0 aliphatic rings. The second-order valence-electron chi connectivity index (χ2n) is 5.99. The number of aromatic nitrogens is 2. The predicted molar refractivity (Wildman–Crippen MR) is 99.8 cm³/mol. The first-order valence-electron chi connectivity index (χ1n) is 8.33. The Bertz CT molecular complexity index is 828. The van der Waals surface area contributed by atoms with Crippen molar-refractivity contribution in [3.63, 3.8) is 0 Å². The molecule has 0 fully saturated rings. The molecule has 25 heavy (non-hydrogen) atoms. The fourth-order valence-electron chi connectivity index (χ4n) is 2.42. The number of nitrogens with one attached hydrogen (secondary N) is 1. The summed E-state index contributed by atoms with van der Waals surface area (Å²) < 4.78 is 6.83. The molecular weight excluding hydrogens is 334 g/mol. The molecule has 0 unspecified atom stereocenters. The second kappa shape index (κ2) is 8.07. The highest BCUT2D eigenvalue weighted by Gasteiger charge is 2.10. The molecule has 1 N–H and O–H groups in total. The van der Waals surface area contributed by atoms with E-state index in [1.807, 2.05) is 44.2 Å². The summed E-state index contributed by atoms with van der Waals surface area (Å²) in [5.41, 5.74) is 1.87. The second-order valence-corrected chi connectivity index (χ2v) is 7.10. The van der Waals surface area contributed by atoms with E-state index >= 15 is 0 Å². The molecule has 1 aromatic carbocycles. The summed E-state index contributed by atoms with van der Waals surface area (Å²) in [4.78, 5) is 20.9. The van der Waals surface area contributed by atoms with E-state index in [9.17, 15) is 4.79 Å². The molecular formula is C19H21N3O2S. The summed E-state index contributed by atoms with van der Waals surface area (Å²) in [5.74, 6) is 0.572. The van der Waals surface area contributed by atoms with Crippen LogP contribution in [0.4, 0.5) is 0 Å². The van der Waals surface area contributed by atoms with Crippen LogP contribution in [0.3, 0.4) is 0 Å². The molecule has 1 amide bonds. The molecule has 5 nitrogen and oxygen atoms in total. The van der Waals surface area contributed by atoms with Crippen molar-refractivity contribution in [1.82, 2.24) is 15.3 Å². The van der Waals surface area contributed by atoms with Crippen LogP contribution in [0.1, 0.15) is 30.8 Å². The van der Waals surface area contributed by atoms with E-state index in [4.69, 9.17) is 4.74 Å². The first-order valence-corrected chi connectivity index (χ1v) is 9.15. The van der Waals surface area contributed by atoms with Gasteiger partial charge in [0.15, 0.2) is 0 Å². The normalized spacial score (nSPS) is 11.0. The smallest absolute Gasteiger partial charge is 0.220 e. The van der Waals surface area contributed by atoms with Gasteiger partial charge in [0.2, 0.25) is 11.8 Å². The quantitative estimate of drug-likeness (QED) is 0.701. The van der Waals surface area contributed by atoms with Gasteiger partial charge in [-0.25, -0.2) is 9.97 Å². The van der Waals surface area contributed by atoms with Crippen LogP contribution in [0.5, 0.6) is 5.88 Å². The van der Waals surface area contributed by atoms with Crippen LogP contribution in [-0.2, 0) is 17.8 Å². The summed E-state index contributed by atoms with van der Waals surface area (Å²) in [5, 5.41) is 3.92. The largest absolute Gasteiger partial charge is 0.475 e. The van der Waals surface area contributed by atoms with Crippen molar-refractivity contribution < 1.29 is 9.53 Å². The van der Waals surface area contributed by atoms with Crippen molar-refractivity contribution >= 4 is 27.5 Å². The third-order valence-electron chi connectivity index (χ3n) is 3.58. The van der Waals surface area contributed by atoms with Gasteiger partial charge >= 0.3 is 0 Å². The number of carbonyl (C=O) groups is 1. The molecule has 0 saturated carbocycles. The highest BCUT2D eigenvalue weighted by atomic mass is 32.1. The number of hydrogen-bond donors (Lipinski definition) is 1. The van der Waals surface area contributed by atoms with Gasteiger partial charge in [-0.05, 0) is 32.0 Å². The molecule has 3 aromatic rings. The molecule has 0 saturated heterocycles. The molecule has 0 bridgehead atoms. The number of fused-ring (bicyclic) bond motifs is 1. The monoisotopic (exact) mass is 355 g/mol. The minimum absolute atomic E-state index is 0.00129. The minimum atomic E-state index is -0.00129. The number of rotatable bonds is 7. The van der Waals surface area contributed by atoms with E-state index in [0.29, 0.717) is 25.3 Å². The summed E-state index contributed by atoms with van der Waals surface area (Å²) in [6, 6.07) is 11.8. The lowest BCUT2D eigenvalue weighted by atomic mass is 10.2. The maximum atomic E-state index is 12.1. The van der Waals surface area contributed by atoms with E-state index in [1.54, 1.807) is 17.5 Å². The number of pyridine rings is 1. The Morgan fingerprint density at radius 3 is 2.88 bits per heavy atom. The van der Waals surface area contributed by atoms with Crippen LogP contribution in [0.15, 0.2) is 42.6 Å². The Morgan fingerprint density at radius 2 is 2.08 bits per heavy atom. The fourth-order valence-corrected chi connectivity index (χ4v) is 3.38. The summed E-state index contributed by atoms with van der Waals surface area (Å²) >= 11 is 1.64. The van der Waals surface area contributed by atoms with Gasteiger partial charge in [-0.2, -0.15) is 0 Å². The first-order chi connectivity index (χ1) is 12.1. The van der Waals surface area contributed by atoms with Gasteiger partial charge in [0.25, 0.3) is 0 Å². The highest BCUT2D eigenvalue weighted by molar-refractivity contribution is 7.18. The number of nitrogens with zero attached hydrogens (tertiary/aromatic N) is 2. The Balaban J connectivity index is 1.53. The molecule has 0 spiro atoms. The van der Waals surface area contributed by atoms with E-state index in [-0.39, 0.29) is 12.0 Å². The van der Waals surface area contributed by atoms with Crippen molar-refractivity contribution in [3.8, 4) is 5.88 Å². The molecule has 2 aromatic heterocycles. The number of hydrogen-bond acceptors (Lipinski definition) is 5. The number of ether oxygens (including phenoxy) is 1. The summed E-state index contributed by atoms with van der Waals surface area (Å²) in [6.07, 6.45) is 2.80. The number of para-hydroxylation sites is 1. The Hall–Kier alpha value is -2.47. The molecule has 0 radical (unpaired) electrons. The highest BCUT2D eigenvalue weighted by Crippen LogP contribution is 2.22. The molecule has 0 atom stereocenters. The number of amides is 1. The van der Waals surface area contributed by atoms with E-state index < -0.39 is 0 Å². The van der Waals surface area contributed by atoms with Gasteiger partial charge in [-0.3, -0.25) is 4.79 Å². The SMILES string of the molecule is CC(C)Oc1ncccc1CNC(=O)CCc1nc2ccccc2s1. The zero-order valence-electron chi connectivity index (χ0n) is 14.4. The van der Waals surface area contributed by atoms with Crippen LogP contribution in [0.2, 0.25) is 0 Å². The van der Waals surface area contributed by atoms with Crippen LogP contribution in [-0.4, -0.2) is 22.0 Å². The lowest BCUT2D eigenvalue weighted by molar-refractivity contribution is -0.121. The number of carbonyl (C=O) groups excluding carboxylic acids is 1. The third kappa shape index (κ3) is 4.76. The molecule has 3 rings (SSSR count). The van der Waals surface area contributed by atoms with E-state index in [2.05, 4.69) is 21.4 Å². The summed E-state index contributed by atoms with van der Waals surface area (Å²) in [6.45, 7) is 4.32. The number of aryl methyl sites for hydroxylation is 1. The van der Waals surface area contributed by atoms with Gasteiger partial charge < -0.3 is 10.1 Å². The molecule has 6 heteroatoms. The zero-order chi connectivity index (χ0) is 17.6. The van der Waals surface area contributed by atoms with Gasteiger partial charge in [0.1, 0.15) is 0 Å². The lowest BCUT2D eigenvalue weighted by Crippen LogP contribution is -2.23. The Kier molecular flexibility index (Phi) is 5.60. The van der Waals surface area contributed by atoms with Crippen LogP contribution < -0.4 is 10.1 Å². The van der Waals surface area contributed by atoms with Gasteiger partial charge in [-0.15, -0.1) is 11.3 Å². The lowest BCUT2D eigenvalue weighted by Gasteiger charge is -2.13. The third-order valence-corrected chi connectivity index (χ3v) is 4.67. The first kappa shape index (κ1) is 17.4. The zero-order valence-corrected chi connectivity index (χ0v) is 15.2. The average molecular weight is 355 g/mol. The standard InChI is InChI=1S/C19H21N3O2S/c1-13(2)24-19-14(6-5-11-20-19)12-21-17(23)9-10-18-22-15-7-3-4-8-16(15)25-18/h3-8,11,13H,9-10,12H2,1-2H3,(H,21,23). The Morgan fingerprint density at radius 1 is 1.24 bits per heavy atom. The number of benzene rings is 1. The van der Waals surface area contributed by atoms with Crippen molar-refractivity contribution in [3.05, 3.63) is 53.2 Å². The summed E-state index contributed by atoms with van der Waals surface area (Å²) in [7, 11) is 0.